The molecule has 0 saturated heterocycles. The Morgan fingerprint density at radius 1 is 1.45 bits per heavy atom. The van der Waals surface area contributed by atoms with Gasteiger partial charge in [0.2, 0.25) is 0 Å². The highest BCUT2D eigenvalue weighted by atomic mass is 35.5. The number of hydrogen-bond acceptors (Lipinski definition) is 5. The Hall–Kier alpha value is -1.38. The first-order valence-electron chi connectivity index (χ1n) is 6.94. The minimum absolute atomic E-state index is 0.0844. The molecular formula is C14H22ClN5. The fraction of sp³-hybridized carbons (Fsp3) is 0.643. The lowest BCUT2D eigenvalue weighted by atomic mass is 9.89. The van der Waals surface area contributed by atoms with E-state index >= 15 is 0 Å². The van der Waals surface area contributed by atoms with Crippen LogP contribution < -0.4 is 11.1 Å². The molecule has 0 atom stereocenters. The zero-order chi connectivity index (χ0) is 14.8. The molecule has 0 aromatic carbocycles. The summed E-state index contributed by atoms with van der Waals surface area (Å²) in [5, 5.41) is 12.2. The van der Waals surface area contributed by atoms with E-state index in [1.54, 1.807) is 6.92 Å². The topological polar surface area (TPSA) is 86.6 Å². The van der Waals surface area contributed by atoms with Crippen molar-refractivity contribution in [2.45, 2.75) is 39.0 Å². The fourth-order valence-electron chi connectivity index (χ4n) is 2.13. The van der Waals surface area contributed by atoms with Gasteiger partial charge in [-0.25, -0.2) is 0 Å². The highest BCUT2D eigenvalue weighted by Crippen LogP contribution is 2.22. The van der Waals surface area contributed by atoms with Crippen molar-refractivity contribution in [3.8, 4) is 6.07 Å². The molecule has 0 aliphatic heterocycles. The average Bonchev–Trinajstić information content (AvgIpc) is 2.49. The van der Waals surface area contributed by atoms with Crippen LogP contribution in [0.3, 0.4) is 0 Å². The van der Waals surface area contributed by atoms with E-state index in [0.29, 0.717) is 17.5 Å². The van der Waals surface area contributed by atoms with Crippen LogP contribution in [-0.4, -0.2) is 24.6 Å². The first-order chi connectivity index (χ1) is 9.63. The van der Waals surface area contributed by atoms with E-state index in [4.69, 9.17) is 22.6 Å². The molecule has 0 spiro atoms. The van der Waals surface area contributed by atoms with Crippen LogP contribution in [0.5, 0.6) is 0 Å². The number of halogens is 1. The van der Waals surface area contributed by atoms with Gasteiger partial charge in [-0.3, -0.25) is 15.3 Å². The van der Waals surface area contributed by atoms with E-state index in [1.807, 2.05) is 6.07 Å². The molecule has 3 N–H and O–H groups in total. The summed E-state index contributed by atoms with van der Waals surface area (Å²) in [6, 6.07) is 1.83. The first-order valence-corrected chi connectivity index (χ1v) is 7.32. The molecule has 0 bridgehead atoms. The maximum absolute atomic E-state index is 8.59. The molecule has 1 fully saturated rings. The van der Waals surface area contributed by atoms with Crippen LogP contribution >= 0.6 is 11.6 Å². The summed E-state index contributed by atoms with van der Waals surface area (Å²) in [7, 11) is 0. The summed E-state index contributed by atoms with van der Waals surface area (Å²) in [5.74, 6) is 0.770. The van der Waals surface area contributed by atoms with Crippen molar-refractivity contribution in [2.75, 3.05) is 13.2 Å². The van der Waals surface area contributed by atoms with Gasteiger partial charge in [0.15, 0.2) is 0 Å². The molecule has 1 rings (SSSR count). The summed E-state index contributed by atoms with van der Waals surface area (Å²) in [5.41, 5.74) is 5.94. The highest BCUT2D eigenvalue weighted by molar-refractivity contribution is 6.79. The molecule has 6 heteroatoms. The average molecular weight is 296 g/mol. The monoisotopic (exact) mass is 295 g/mol. The number of nitrogens with zero attached hydrogens (tertiary/aromatic N) is 3. The lowest BCUT2D eigenvalue weighted by Gasteiger charge is -2.21. The van der Waals surface area contributed by atoms with Crippen molar-refractivity contribution in [3.63, 3.8) is 0 Å². The number of hydrogen-bond donors (Lipinski definition) is 2. The molecule has 1 aliphatic rings. The Balaban J connectivity index is 2.28. The summed E-state index contributed by atoms with van der Waals surface area (Å²) < 4.78 is 0. The Morgan fingerprint density at radius 3 is 2.80 bits per heavy atom. The standard InChI is InChI=1S/C14H22ClN5/c1-11(13(17)7-16)19-9-14(15)20-10-18-8-12-5-3-2-4-6-12/h9,12,18H,2-6,8,10,17H2,1H3. The maximum atomic E-state index is 8.59. The Labute approximate surface area is 125 Å². The van der Waals surface area contributed by atoms with E-state index in [-0.39, 0.29) is 5.70 Å². The molecule has 0 radical (unpaired) electrons. The molecule has 20 heavy (non-hydrogen) atoms. The van der Waals surface area contributed by atoms with Crippen LogP contribution in [0.4, 0.5) is 0 Å². The minimum atomic E-state index is 0.0844. The second-order valence-corrected chi connectivity index (χ2v) is 5.35. The Kier molecular flexibility index (Phi) is 7.93. The second kappa shape index (κ2) is 9.51. The molecule has 0 amide bonds. The van der Waals surface area contributed by atoms with Crippen molar-refractivity contribution in [3.05, 3.63) is 11.4 Å². The molecule has 110 valence electrons. The SMILES string of the molecule is CC(N=CC(Cl)=NCNCC1CCCCC1)=C(N)C#N. The van der Waals surface area contributed by atoms with Crippen molar-refractivity contribution >= 4 is 23.0 Å². The maximum Gasteiger partial charge on any atom is 0.143 e. The number of nitrogens with two attached hydrogens (primary N) is 1. The van der Waals surface area contributed by atoms with Gasteiger partial charge in [0.05, 0.1) is 18.6 Å². The predicted octanol–water partition coefficient (Wildman–Crippen LogP) is 2.54. The number of nitriles is 1. The van der Waals surface area contributed by atoms with Gasteiger partial charge in [-0.1, -0.05) is 30.9 Å². The molecule has 0 aromatic heterocycles. The molecular weight excluding hydrogens is 274 g/mol. The van der Waals surface area contributed by atoms with E-state index in [2.05, 4.69) is 15.3 Å². The van der Waals surface area contributed by atoms with Gasteiger partial charge in [-0.05, 0) is 32.2 Å². The van der Waals surface area contributed by atoms with Crippen molar-refractivity contribution in [1.29, 1.82) is 5.26 Å². The van der Waals surface area contributed by atoms with Gasteiger partial charge >= 0.3 is 0 Å². The van der Waals surface area contributed by atoms with Gasteiger partial charge in [0.25, 0.3) is 0 Å². The lowest BCUT2D eigenvalue weighted by molar-refractivity contribution is 0.344. The first kappa shape index (κ1) is 16.7. The molecule has 5 nitrogen and oxygen atoms in total. The van der Waals surface area contributed by atoms with Crippen LogP contribution in [0.2, 0.25) is 0 Å². The minimum Gasteiger partial charge on any atom is -0.389 e. The third-order valence-electron chi connectivity index (χ3n) is 3.37. The van der Waals surface area contributed by atoms with E-state index < -0.39 is 0 Å². The lowest BCUT2D eigenvalue weighted by Crippen LogP contribution is -2.24. The van der Waals surface area contributed by atoms with Gasteiger partial charge in [-0.15, -0.1) is 0 Å². The summed E-state index contributed by atoms with van der Waals surface area (Å²) in [4.78, 5) is 8.12. The van der Waals surface area contributed by atoms with Crippen molar-refractivity contribution < 1.29 is 0 Å². The van der Waals surface area contributed by atoms with Crippen molar-refractivity contribution in [1.82, 2.24) is 5.32 Å². The number of nitrogens with one attached hydrogen (secondary N) is 1. The second-order valence-electron chi connectivity index (χ2n) is 4.97. The smallest absolute Gasteiger partial charge is 0.143 e. The van der Waals surface area contributed by atoms with Gasteiger partial charge in [-0.2, -0.15) is 5.26 Å². The highest BCUT2D eigenvalue weighted by Gasteiger charge is 2.12. The Bertz CT molecular complexity index is 427. The van der Waals surface area contributed by atoms with Gasteiger partial charge in [0, 0.05) is 0 Å². The third-order valence-corrected chi connectivity index (χ3v) is 3.59. The number of aliphatic imine (C=N–C) groups is 2. The summed E-state index contributed by atoms with van der Waals surface area (Å²) >= 11 is 5.91. The van der Waals surface area contributed by atoms with Crippen LogP contribution in [0, 0.1) is 17.2 Å². The third kappa shape index (κ3) is 6.69. The fourth-order valence-corrected chi connectivity index (χ4v) is 2.24. The normalized spacial score (nSPS) is 18.9. The zero-order valence-electron chi connectivity index (χ0n) is 11.9. The zero-order valence-corrected chi connectivity index (χ0v) is 12.7. The quantitative estimate of drug-likeness (QED) is 0.448. The molecule has 0 heterocycles. The summed E-state index contributed by atoms with van der Waals surface area (Å²) in [6.07, 6.45) is 8.08. The summed E-state index contributed by atoms with van der Waals surface area (Å²) in [6.45, 7) is 3.13. The molecule has 1 saturated carbocycles. The van der Waals surface area contributed by atoms with Gasteiger partial charge in [0.1, 0.15) is 16.9 Å². The Morgan fingerprint density at radius 2 is 2.15 bits per heavy atom. The van der Waals surface area contributed by atoms with Gasteiger partial charge < -0.3 is 5.73 Å². The molecule has 0 unspecified atom stereocenters. The predicted molar refractivity (Wildman–Crippen MR) is 83.7 cm³/mol. The van der Waals surface area contributed by atoms with Crippen LogP contribution in [0.15, 0.2) is 21.4 Å². The van der Waals surface area contributed by atoms with Crippen LogP contribution in [-0.2, 0) is 0 Å². The molecule has 0 aromatic rings. The van der Waals surface area contributed by atoms with Crippen molar-refractivity contribution in [2.24, 2.45) is 21.6 Å². The van der Waals surface area contributed by atoms with E-state index in [0.717, 1.165) is 12.5 Å². The number of allylic oxidation sites excluding steroid dienone is 2. The number of rotatable bonds is 6. The molecule has 1 aliphatic carbocycles. The van der Waals surface area contributed by atoms with Crippen LogP contribution in [0.1, 0.15) is 39.0 Å². The van der Waals surface area contributed by atoms with E-state index in [9.17, 15) is 0 Å². The van der Waals surface area contributed by atoms with E-state index in [1.165, 1.54) is 38.3 Å². The van der Waals surface area contributed by atoms with Crippen LogP contribution in [0.25, 0.3) is 0 Å². The largest absolute Gasteiger partial charge is 0.389 e.